The van der Waals surface area contributed by atoms with Crippen LogP contribution in [0.2, 0.25) is 0 Å². The molecule has 0 bridgehead atoms. The van der Waals surface area contributed by atoms with Gasteiger partial charge in [-0.25, -0.2) is 4.79 Å². The van der Waals surface area contributed by atoms with Gasteiger partial charge in [0, 0.05) is 16.7 Å². The Bertz CT molecular complexity index is 872. The average Bonchev–Trinajstić information content (AvgIpc) is 2.63. The number of halogens is 4. The molecule has 0 spiro atoms. The first-order valence-electron chi connectivity index (χ1n) is 7.99. The maximum absolute atomic E-state index is 12.7. The molecule has 5 N–H and O–H groups in total. The highest BCUT2D eigenvalue weighted by molar-refractivity contribution is 9.10. The maximum atomic E-state index is 12.7. The van der Waals surface area contributed by atoms with Crippen molar-refractivity contribution in [3.63, 3.8) is 0 Å². The zero-order chi connectivity index (χ0) is 20.7. The van der Waals surface area contributed by atoms with Gasteiger partial charge in [-0.2, -0.15) is 19.1 Å². The van der Waals surface area contributed by atoms with E-state index in [1.807, 2.05) is 25.1 Å². The van der Waals surface area contributed by atoms with Gasteiger partial charge in [0.2, 0.25) is 5.88 Å². The Morgan fingerprint density at radius 2 is 2.00 bits per heavy atom. The van der Waals surface area contributed by atoms with Crippen LogP contribution in [-0.4, -0.2) is 6.03 Å². The van der Waals surface area contributed by atoms with Crippen molar-refractivity contribution >= 4 is 27.6 Å². The average molecular weight is 459 g/mol. The zero-order valence-electron chi connectivity index (χ0n) is 14.7. The van der Waals surface area contributed by atoms with E-state index in [1.54, 1.807) is 0 Å². The van der Waals surface area contributed by atoms with Gasteiger partial charge < -0.3 is 15.5 Å². The van der Waals surface area contributed by atoms with E-state index in [0.717, 1.165) is 27.7 Å². The van der Waals surface area contributed by atoms with Gasteiger partial charge in [-0.1, -0.05) is 34.1 Å². The van der Waals surface area contributed by atoms with Crippen LogP contribution in [-0.2, 0) is 17.6 Å². The predicted molar refractivity (Wildman–Crippen MR) is 103 cm³/mol. The number of anilines is 1. The summed E-state index contributed by atoms with van der Waals surface area (Å²) in [7, 11) is 0. The normalized spacial score (nSPS) is 11.7. The molecule has 0 saturated carbocycles. The Morgan fingerprint density at radius 3 is 2.64 bits per heavy atom. The lowest BCUT2D eigenvalue weighted by Gasteiger charge is -2.12. The molecule has 0 saturated heterocycles. The summed E-state index contributed by atoms with van der Waals surface area (Å²) in [5.41, 5.74) is 1.16. The largest absolute Gasteiger partial charge is 0.416 e. The van der Waals surface area contributed by atoms with Crippen molar-refractivity contribution in [3.8, 4) is 0 Å². The number of hydrogen-bond acceptors (Lipinski definition) is 4. The van der Waals surface area contributed by atoms with Gasteiger partial charge in [0.05, 0.1) is 11.8 Å². The van der Waals surface area contributed by atoms with Crippen molar-refractivity contribution in [2.24, 2.45) is 5.90 Å². The van der Waals surface area contributed by atoms with Crippen molar-refractivity contribution in [2.45, 2.75) is 19.6 Å². The molecule has 0 radical (unpaired) electrons. The van der Waals surface area contributed by atoms with Crippen molar-refractivity contribution in [1.29, 1.82) is 0 Å². The molecule has 0 aliphatic heterocycles. The molecule has 0 aliphatic rings. The van der Waals surface area contributed by atoms with Gasteiger partial charge in [-0.05, 0) is 42.3 Å². The minimum absolute atomic E-state index is 0.0259. The topological polar surface area (TPSA) is 88.4 Å². The molecule has 2 aromatic carbocycles. The Kier molecular flexibility index (Phi) is 7.30. The first-order valence-corrected chi connectivity index (χ1v) is 8.79. The van der Waals surface area contributed by atoms with Gasteiger partial charge in [0.15, 0.2) is 0 Å². The number of amides is 2. The zero-order valence-corrected chi connectivity index (χ0v) is 16.3. The van der Waals surface area contributed by atoms with E-state index in [1.165, 1.54) is 18.3 Å². The number of aryl methyl sites for hydroxylation is 1. The number of urea groups is 1. The van der Waals surface area contributed by atoms with Crippen LogP contribution in [0.25, 0.3) is 0 Å². The molecule has 2 amide bonds. The third-order valence-corrected chi connectivity index (χ3v) is 4.46. The third-order valence-electron chi connectivity index (χ3n) is 3.57. The van der Waals surface area contributed by atoms with Gasteiger partial charge in [0.1, 0.15) is 0 Å². The van der Waals surface area contributed by atoms with Crippen molar-refractivity contribution in [3.05, 3.63) is 75.7 Å². The van der Waals surface area contributed by atoms with Crippen LogP contribution in [0.1, 0.15) is 16.7 Å². The molecule has 2 rings (SSSR count). The molecular weight excluding hydrogens is 441 g/mol. The third kappa shape index (κ3) is 6.46. The van der Waals surface area contributed by atoms with E-state index in [0.29, 0.717) is 6.54 Å². The number of hydrogen-bond donors (Lipinski definition) is 4. The smallest absolute Gasteiger partial charge is 0.391 e. The van der Waals surface area contributed by atoms with Crippen molar-refractivity contribution < 1.29 is 22.8 Å². The van der Waals surface area contributed by atoms with E-state index in [-0.39, 0.29) is 11.6 Å². The lowest BCUT2D eigenvalue weighted by Crippen LogP contribution is -2.31. The maximum Gasteiger partial charge on any atom is 0.416 e. The first kappa shape index (κ1) is 21.6. The lowest BCUT2D eigenvalue weighted by molar-refractivity contribution is -0.137. The Labute approximate surface area is 168 Å². The summed E-state index contributed by atoms with van der Waals surface area (Å²) >= 11 is 3.42. The molecule has 0 heterocycles. The Hall–Kier alpha value is -2.72. The molecule has 10 heteroatoms. The van der Waals surface area contributed by atoms with Crippen LogP contribution < -0.4 is 21.8 Å². The van der Waals surface area contributed by atoms with Gasteiger partial charge >= 0.3 is 12.2 Å². The molecule has 0 atom stereocenters. The summed E-state index contributed by atoms with van der Waals surface area (Å²) in [6, 6.07) is 9.24. The highest BCUT2D eigenvalue weighted by Gasteiger charge is 2.30. The molecule has 6 nitrogen and oxygen atoms in total. The molecule has 150 valence electrons. The summed E-state index contributed by atoms with van der Waals surface area (Å²) < 4.78 is 39.1. The number of carbonyl (C=O) groups excluding carboxylic acids is 1. The number of carbonyl (C=O) groups is 1. The fraction of sp³-hybridized carbons (Fsp3) is 0.167. The number of alkyl halides is 3. The van der Waals surface area contributed by atoms with E-state index >= 15 is 0 Å². The quantitative estimate of drug-likeness (QED) is 0.382. The SMILES string of the molecule is Cc1cc(CN/C=C(/NC(=O)Nc2cccc(C(F)(F)F)c2)ON)ccc1Br. The Balaban J connectivity index is 1.93. The van der Waals surface area contributed by atoms with Gasteiger partial charge in [-0.3, -0.25) is 5.32 Å². The van der Waals surface area contributed by atoms with E-state index in [9.17, 15) is 18.0 Å². The van der Waals surface area contributed by atoms with Crippen LogP contribution >= 0.6 is 15.9 Å². The summed E-state index contributed by atoms with van der Waals surface area (Å²) in [4.78, 5) is 16.5. The van der Waals surface area contributed by atoms with E-state index in [4.69, 9.17) is 5.90 Å². The van der Waals surface area contributed by atoms with E-state index < -0.39 is 17.8 Å². The Morgan fingerprint density at radius 1 is 1.25 bits per heavy atom. The minimum Gasteiger partial charge on any atom is -0.391 e. The van der Waals surface area contributed by atoms with Crippen molar-refractivity contribution in [1.82, 2.24) is 10.6 Å². The summed E-state index contributed by atoms with van der Waals surface area (Å²) in [6.07, 6.45) is -3.17. The highest BCUT2D eigenvalue weighted by Crippen LogP contribution is 2.30. The molecule has 0 fully saturated rings. The predicted octanol–water partition coefficient (Wildman–Crippen LogP) is 4.38. The van der Waals surface area contributed by atoms with Crippen LogP contribution in [0, 0.1) is 6.92 Å². The molecule has 0 unspecified atom stereocenters. The molecule has 0 aliphatic carbocycles. The van der Waals surface area contributed by atoms with Crippen LogP contribution in [0.4, 0.5) is 23.7 Å². The molecule has 0 aromatic heterocycles. The second-order valence-electron chi connectivity index (χ2n) is 5.75. The summed E-state index contributed by atoms with van der Waals surface area (Å²) in [5, 5.41) is 7.50. The van der Waals surface area contributed by atoms with Gasteiger partial charge in [0.25, 0.3) is 0 Å². The van der Waals surface area contributed by atoms with Gasteiger partial charge in [-0.15, -0.1) is 0 Å². The summed E-state index contributed by atoms with van der Waals surface area (Å²) in [5.74, 6) is 5.00. The van der Waals surface area contributed by atoms with Crippen molar-refractivity contribution in [2.75, 3.05) is 5.32 Å². The van der Waals surface area contributed by atoms with Crippen LogP contribution in [0.15, 0.2) is 59.0 Å². The minimum atomic E-state index is -4.51. The fourth-order valence-electron chi connectivity index (χ4n) is 2.23. The number of benzene rings is 2. The molecule has 2 aromatic rings. The number of rotatable bonds is 6. The number of nitrogens with one attached hydrogen (secondary N) is 3. The second kappa shape index (κ2) is 9.47. The second-order valence-corrected chi connectivity index (χ2v) is 6.60. The molecule has 28 heavy (non-hydrogen) atoms. The van der Waals surface area contributed by atoms with Crippen LogP contribution in [0.5, 0.6) is 0 Å². The summed E-state index contributed by atoms with van der Waals surface area (Å²) in [6.45, 7) is 2.40. The van der Waals surface area contributed by atoms with E-state index in [2.05, 4.69) is 36.7 Å². The molecular formula is C18H18BrF3N4O2. The monoisotopic (exact) mass is 458 g/mol. The van der Waals surface area contributed by atoms with Crippen LogP contribution in [0.3, 0.4) is 0 Å². The fourth-order valence-corrected chi connectivity index (χ4v) is 2.47. The highest BCUT2D eigenvalue weighted by atomic mass is 79.9. The first-order chi connectivity index (χ1) is 13.2. The standard InChI is InChI=1S/C18H18BrF3N4O2/c1-11-7-12(5-6-15(11)19)9-24-10-16(28-23)26-17(27)25-14-4-2-3-13(8-14)18(20,21)22/h2-8,10,24H,9,23H2,1H3,(H2,25,26,27)/b16-10-. The lowest BCUT2D eigenvalue weighted by atomic mass is 10.1. The number of nitrogens with two attached hydrogens (primary N) is 1.